The van der Waals surface area contributed by atoms with E-state index in [1.54, 1.807) is 0 Å². The molecular formula is C15H20BrN. The maximum Gasteiger partial charge on any atom is 0.0354 e. The fraction of sp³-hybridized carbons (Fsp3) is 0.600. The summed E-state index contributed by atoms with van der Waals surface area (Å²) in [6.45, 7) is 3.73. The Morgan fingerprint density at radius 3 is 2.71 bits per heavy atom. The van der Waals surface area contributed by atoms with Gasteiger partial charge in [-0.15, -0.1) is 0 Å². The van der Waals surface area contributed by atoms with Gasteiger partial charge in [-0.05, 0) is 49.4 Å². The van der Waals surface area contributed by atoms with Crippen LogP contribution in [0.1, 0.15) is 44.2 Å². The monoisotopic (exact) mass is 293 g/mol. The first-order chi connectivity index (χ1) is 8.25. The van der Waals surface area contributed by atoms with Crippen molar-refractivity contribution < 1.29 is 0 Å². The highest BCUT2D eigenvalue weighted by molar-refractivity contribution is 9.10. The molecule has 2 heteroatoms. The van der Waals surface area contributed by atoms with Crippen LogP contribution in [0, 0.1) is 5.92 Å². The summed E-state index contributed by atoms with van der Waals surface area (Å²) in [5.41, 5.74) is 1.50. The van der Waals surface area contributed by atoms with Crippen LogP contribution in [-0.4, -0.2) is 17.5 Å². The van der Waals surface area contributed by atoms with Crippen molar-refractivity contribution in [2.45, 2.75) is 44.7 Å². The minimum Gasteiger partial charge on any atom is -0.293 e. The van der Waals surface area contributed by atoms with Crippen molar-refractivity contribution in [3.05, 3.63) is 34.3 Å². The molecule has 2 aliphatic rings. The van der Waals surface area contributed by atoms with Crippen LogP contribution >= 0.6 is 15.9 Å². The van der Waals surface area contributed by atoms with Gasteiger partial charge >= 0.3 is 0 Å². The number of fused-ring (bicyclic) bond motifs is 1. The Bertz CT molecular complexity index is 386. The van der Waals surface area contributed by atoms with E-state index in [2.05, 4.69) is 52.0 Å². The van der Waals surface area contributed by atoms with Crippen LogP contribution in [0.3, 0.4) is 0 Å². The van der Waals surface area contributed by atoms with Gasteiger partial charge in [0.2, 0.25) is 0 Å². The van der Waals surface area contributed by atoms with E-state index in [1.807, 2.05) is 0 Å². The van der Waals surface area contributed by atoms with E-state index in [4.69, 9.17) is 0 Å². The first-order valence-corrected chi connectivity index (χ1v) is 7.56. The molecule has 3 rings (SSSR count). The van der Waals surface area contributed by atoms with Gasteiger partial charge in [-0.25, -0.2) is 0 Å². The van der Waals surface area contributed by atoms with Gasteiger partial charge < -0.3 is 0 Å². The van der Waals surface area contributed by atoms with Gasteiger partial charge in [-0.2, -0.15) is 0 Å². The minimum atomic E-state index is 0.670. The number of rotatable bonds is 1. The Hall–Kier alpha value is -0.340. The Labute approximate surface area is 112 Å². The standard InChI is InChI=1S/C15H20BrN/c1-11-10-15(12-5-7-13(16)8-6-12)17-9-3-2-4-14(11)17/h5-8,11,14-15H,2-4,9-10H2,1H3. The molecule has 1 aromatic carbocycles. The van der Waals surface area contributed by atoms with E-state index in [9.17, 15) is 0 Å². The smallest absolute Gasteiger partial charge is 0.0354 e. The molecule has 0 N–H and O–H groups in total. The molecule has 0 bridgehead atoms. The average molecular weight is 294 g/mol. The number of hydrogen-bond donors (Lipinski definition) is 0. The predicted molar refractivity (Wildman–Crippen MR) is 75.0 cm³/mol. The largest absolute Gasteiger partial charge is 0.293 e. The minimum absolute atomic E-state index is 0.670. The molecule has 1 aromatic rings. The Kier molecular flexibility index (Phi) is 3.27. The topological polar surface area (TPSA) is 3.24 Å². The van der Waals surface area contributed by atoms with Crippen molar-refractivity contribution in [3.63, 3.8) is 0 Å². The lowest BCUT2D eigenvalue weighted by Crippen LogP contribution is -2.37. The van der Waals surface area contributed by atoms with Crippen molar-refractivity contribution in [1.82, 2.24) is 4.90 Å². The molecule has 2 fully saturated rings. The second-order valence-corrected chi connectivity index (χ2v) is 6.50. The van der Waals surface area contributed by atoms with Crippen LogP contribution < -0.4 is 0 Å². The van der Waals surface area contributed by atoms with Gasteiger partial charge in [0, 0.05) is 16.6 Å². The van der Waals surface area contributed by atoms with Gasteiger partial charge in [0.25, 0.3) is 0 Å². The Morgan fingerprint density at radius 2 is 1.94 bits per heavy atom. The van der Waals surface area contributed by atoms with Crippen LogP contribution in [0.15, 0.2) is 28.7 Å². The molecule has 1 nitrogen and oxygen atoms in total. The Morgan fingerprint density at radius 1 is 1.18 bits per heavy atom. The molecule has 0 saturated carbocycles. The van der Waals surface area contributed by atoms with Gasteiger partial charge in [-0.1, -0.05) is 41.4 Å². The first-order valence-electron chi connectivity index (χ1n) is 6.77. The summed E-state index contributed by atoms with van der Waals surface area (Å²) in [6.07, 6.45) is 5.56. The van der Waals surface area contributed by atoms with Crippen LogP contribution in [-0.2, 0) is 0 Å². The zero-order valence-electron chi connectivity index (χ0n) is 10.4. The normalized spacial score (nSPS) is 33.6. The molecule has 2 aliphatic heterocycles. The lowest BCUT2D eigenvalue weighted by Gasteiger charge is -2.35. The highest BCUT2D eigenvalue weighted by atomic mass is 79.9. The summed E-state index contributed by atoms with van der Waals surface area (Å²) in [7, 11) is 0. The fourth-order valence-corrected chi connectivity index (χ4v) is 3.90. The quantitative estimate of drug-likeness (QED) is 0.742. The molecule has 2 saturated heterocycles. The lowest BCUT2D eigenvalue weighted by molar-refractivity contribution is 0.137. The lowest BCUT2D eigenvalue weighted by atomic mass is 9.94. The highest BCUT2D eigenvalue weighted by Gasteiger charge is 2.40. The van der Waals surface area contributed by atoms with E-state index < -0.39 is 0 Å². The third-order valence-corrected chi connectivity index (χ3v) is 5.03. The third-order valence-electron chi connectivity index (χ3n) is 4.50. The molecule has 0 aromatic heterocycles. The summed E-state index contributed by atoms with van der Waals surface area (Å²) >= 11 is 3.52. The average Bonchev–Trinajstić information content (AvgIpc) is 2.69. The molecule has 2 heterocycles. The summed E-state index contributed by atoms with van der Waals surface area (Å²) in [5.74, 6) is 0.865. The summed E-state index contributed by atoms with van der Waals surface area (Å²) < 4.78 is 1.18. The highest BCUT2D eigenvalue weighted by Crippen LogP contribution is 2.43. The number of benzene rings is 1. The van der Waals surface area contributed by atoms with Crippen LogP contribution in [0.4, 0.5) is 0 Å². The molecule has 0 amide bonds. The molecule has 3 atom stereocenters. The van der Waals surface area contributed by atoms with Crippen LogP contribution in [0.5, 0.6) is 0 Å². The van der Waals surface area contributed by atoms with E-state index in [-0.39, 0.29) is 0 Å². The van der Waals surface area contributed by atoms with Gasteiger partial charge in [0.1, 0.15) is 0 Å². The summed E-state index contributed by atoms with van der Waals surface area (Å²) in [4.78, 5) is 2.76. The number of halogens is 1. The van der Waals surface area contributed by atoms with Crippen LogP contribution in [0.25, 0.3) is 0 Å². The summed E-state index contributed by atoms with van der Waals surface area (Å²) in [5, 5.41) is 0. The molecule has 0 radical (unpaired) electrons. The zero-order chi connectivity index (χ0) is 11.8. The third kappa shape index (κ3) is 2.17. The van der Waals surface area contributed by atoms with Crippen molar-refractivity contribution in [2.75, 3.05) is 6.54 Å². The van der Waals surface area contributed by atoms with Crippen molar-refractivity contribution in [2.24, 2.45) is 5.92 Å². The molecule has 3 unspecified atom stereocenters. The van der Waals surface area contributed by atoms with Crippen molar-refractivity contribution >= 4 is 15.9 Å². The van der Waals surface area contributed by atoms with E-state index in [1.165, 1.54) is 42.3 Å². The number of hydrogen-bond acceptors (Lipinski definition) is 1. The second kappa shape index (κ2) is 4.74. The Balaban J connectivity index is 1.85. The fourth-order valence-electron chi connectivity index (χ4n) is 3.63. The second-order valence-electron chi connectivity index (χ2n) is 5.58. The molecular weight excluding hydrogens is 274 g/mol. The summed E-state index contributed by atoms with van der Waals surface area (Å²) in [6, 6.07) is 10.5. The number of nitrogens with zero attached hydrogens (tertiary/aromatic N) is 1. The van der Waals surface area contributed by atoms with Crippen LogP contribution in [0.2, 0.25) is 0 Å². The van der Waals surface area contributed by atoms with Crippen molar-refractivity contribution in [1.29, 1.82) is 0 Å². The van der Waals surface area contributed by atoms with Crippen molar-refractivity contribution in [3.8, 4) is 0 Å². The molecule has 0 aliphatic carbocycles. The molecule has 0 spiro atoms. The maximum absolute atomic E-state index is 3.52. The van der Waals surface area contributed by atoms with Gasteiger partial charge in [0.05, 0.1) is 0 Å². The molecule has 92 valence electrons. The predicted octanol–water partition coefficient (Wildman–Crippen LogP) is 4.38. The first kappa shape index (κ1) is 11.7. The van der Waals surface area contributed by atoms with E-state index in [0.717, 1.165) is 12.0 Å². The maximum atomic E-state index is 3.52. The SMILES string of the molecule is CC1CC(c2ccc(Br)cc2)N2CCCCC12. The zero-order valence-corrected chi connectivity index (χ0v) is 12.0. The number of piperidine rings is 1. The van der Waals surface area contributed by atoms with Gasteiger partial charge in [0.15, 0.2) is 0 Å². The van der Waals surface area contributed by atoms with E-state index in [0.29, 0.717) is 6.04 Å². The van der Waals surface area contributed by atoms with Gasteiger partial charge in [-0.3, -0.25) is 4.90 Å². The van der Waals surface area contributed by atoms with E-state index >= 15 is 0 Å². The molecule has 17 heavy (non-hydrogen) atoms.